The first-order valence-electron chi connectivity index (χ1n) is 14.6. The molecule has 5 nitrogen and oxygen atoms in total. The summed E-state index contributed by atoms with van der Waals surface area (Å²) < 4.78 is 40.6. The van der Waals surface area contributed by atoms with Crippen molar-refractivity contribution in [2.75, 3.05) is 11.9 Å². The van der Waals surface area contributed by atoms with Crippen molar-refractivity contribution in [3.8, 4) is 0 Å². The highest BCUT2D eigenvalue weighted by Crippen LogP contribution is 2.37. The zero-order chi connectivity index (χ0) is 29.1. The number of piperidine rings is 1. The molecule has 2 aliphatic carbocycles. The van der Waals surface area contributed by atoms with Gasteiger partial charge in [0.15, 0.2) is 0 Å². The van der Waals surface area contributed by atoms with Gasteiger partial charge in [0.1, 0.15) is 0 Å². The van der Waals surface area contributed by atoms with Crippen LogP contribution >= 0.6 is 0 Å². The van der Waals surface area contributed by atoms with E-state index in [9.17, 15) is 22.8 Å². The summed E-state index contributed by atoms with van der Waals surface area (Å²) in [6.45, 7) is 3.82. The minimum atomic E-state index is -4.52. The monoisotopic (exact) mass is 565 g/mol. The number of amides is 2. The molecule has 0 bridgehead atoms. The normalized spacial score (nSPS) is 23.3. The maximum atomic E-state index is 13.9. The topological polar surface area (TPSA) is 61.4 Å². The number of hydrogen-bond donors (Lipinski definition) is 2. The average molecular weight is 566 g/mol. The van der Waals surface area contributed by atoms with Gasteiger partial charge >= 0.3 is 6.18 Å². The molecule has 0 aromatic heterocycles. The van der Waals surface area contributed by atoms with E-state index in [0.29, 0.717) is 37.4 Å². The number of alkyl halides is 3. The van der Waals surface area contributed by atoms with Crippen LogP contribution in [-0.2, 0) is 11.0 Å². The Morgan fingerprint density at radius 1 is 0.951 bits per heavy atom. The Kier molecular flexibility index (Phi) is 8.57. The van der Waals surface area contributed by atoms with Crippen molar-refractivity contribution < 1.29 is 22.8 Å². The number of aryl methyl sites for hydroxylation is 2. The molecule has 2 amide bonds. The predicted molar refractivity (Wildman–Crippen MR) is 154 cm³/mol. The summed E-state index contributed by atoms with van der Waals surface area (Å²) in [6.07, 6.45) is 8.43. The lowest BCUT2D eigenvalue weighted by Gasteiger charge is -2.44. The molecular formula is C33H38F3N3O2. The molecule has 41 heavy (non-hydrogen) atoms. The van der Waals surface area contributed by atoms with Crippen molar-refractivity contribution in [3.05, 3.63) is 88.6 Å². The van der Waals surface area contributed by atoms with Gasteiger partial charge in [-0.05, 0) is 81.4 Å². The van der Waals surface area contributed by atoms with Crippen LogP contribution in [0, 0.1) is 25.7 Å². The van der Waals surface area contributed by atoms with Crippen LogP contribution in [0.25, 0.3) is 0 Å². The fourth-order valence-corrected chi connectivity index (χ4v) is 6.58. The van der Waals surface area contributed by atoms with Crippen LogP contribution in [0.15, 0.2) is 66.4 Å². The number of nitrogens with one attached hydrogen (secondary N) is 2. The predicted octanol–water partition coefficient (Wildman–Crippen LogP) is 7.17. The number of allylic oxidation sites excluding steroid dienone is 2. The molecule has 2 aromatic rings. The van der Waals surface area contributed by atoms with Gasteiger partial charge in [0.05, 0.1) is 17.5 Å². The summed E-state index contributed by atoms with van der Waals surface area (Å²) in [7, 11) is 0. The van der Waals surface area contributed by atoms with Crippen LogP contribution in [-0.4, -0.2) is 35.3 Å². The number of carbonyl (C=O) groups excluding carboxylic acids is 2. The largest absolute Gasteiger partial charge is 0.416 e. The fraction of sp³-hybridized carbons (Fsp3) is 0.455. The lowest BCUT2D eigenvalue weighted by atomic mass is 9.77. The van der Waals surface area contributed by atoms with Crippen LogP contribution < -0.4 is 10.6 Å². The molecule has 5 rings (SSSR count). The van der Waals surface area contributed by atoms with Gasteiger partial charge in [-0.3, -0.25) is 9.59 Å². The number of halogens is 3. The number of anilines is 1. The molecule has 1 heterocycles. The Labute approximate surface area is 239 Å². The molecular weight excluding hydrogens is 527 g/mol. The van der Waals surface area contributed by atoms with E-state index in [1.165, 1.54) is 31.9 Å². The van der Waals surface area contributed by atoms with Crippen molar-refractivity contribution in [2.45, 2.75) is 77.1 Å². The standard InChI is InChI=1S/C33H38F3N3O2/c1-21-8-3-6-11-27(21)32(41)39-19-7-12-28(31(40)38-26-16-13-22(2)29(20-26)33(34,35)36)30(39)23-14-17-25(18-15-23)37-24-9-4-5-10-24/h3,6,8,11,13-14,16-18,20,23-24,28,30,37H,4-5,7,9-10,12,15,19H2,1-2H3,(H,38,40)/t23-,28?,30?/m1/s1. The van der Waals surface area contributed by atoms with Gasteiger partial charge in [-0.2, -0.15) is 13.2 Å². The SMILES string of the molecule is Cc1ccccc1C(=O)N1CCCC(C(=O)Nc2ccc(C)c(C(F)(F)F)c2)C1[C@@H]1C=CC(NC2CCCC2)=CC1. The number of benzene rings is 2. The molecule has 0 spiro atoms. The van der Waals surface area contributed by atoms with Crippen LogP contribution in [0.2, 0.25) is 0 Å². The Morgan fingerprint density at radius 3 is 2.39 bits per heavy atom. The third kappa shape index (κ3) is 6.52. The zero-order valence-electron chi connectivity index (χ0n) is 23.6. The Hall–Kier alpha value is -3.55. The van der Waals surface area contributed by atoms with E-state index in [4.69, 9.17) is 0 Å². The van der Waals surface area contributed by atoms with E-state index in [-0.39, 0.29) is 29.0 Å². The van der Waals surface area contributed by atoms with Gasteiger partial charge in [0.25, 0.3) is 5.91 Å². The molecule has 218 valence electrons. The van der Waals surface area contributed by atoms with Crippen molar-refractivity contribution in [3.63, 3.8) is 0 Å². The molecule has 8 heteroatoms. The van der Waals surface area contributed by atoms with E-state index in [1.54, 1.807) is 0 Å². The minimum Gasteiger partial charge on any atom is -0.383 e. The zero-order valence-corrected chi connectivity index (χ0v) is 23.6. The van der Waals surface area contributed by atoms with Crippen molar-refractivity contribution in [1.29, 1.82) is 0 Å². The highest BCUT2D eigenvalue weighted by Gasteiger charge is 2.43. The third-order valence-electron chi connectivity index (χ3n) is 8.77. The van der Waals surface area contributed by atoms with Crippen molar-refractivity contribution in [2.24, 2.45) is 11.8 Å². The molecule has 2 N–H and O–H groups in total. The van der Waals surface area contributed by atoms with Crippen molar-refractivity contribution >= 4 is 17.5 Å². The van der Waals surface area contributed by atoms with Crippen LogP contribution in [0.4, 0.5) is 18.9 Å². The quantitative estimate of drug-likeness (QED) is 0.390. The van der Waals surface area contributed by atoms with Gasteiger partial charge in [0, 0.05) is 35.5 Å². The second-order valence-electron chi connectivity index (χ2n) is 11.6. The van der Waals surface area contributed by atoms with Crippen LogP contribution in [0.5, 0.6) is 0 Å². The number of hydrogen-bond acceptors (Lipinski definition) is 3. The highest BCUT2D eigenvalue weighted by molar-refractivity contribution is 5.98. The maximum absolute atomic E-state index is 13.9. The van der Waals surface area contributed by atoms with Gasteiger partial charge in [0.2, 0.25) is 5.91 Å². The molecule has 2 unspecified atom stereocenters. The lowest BCUT2D eigenvalue weighted by molar-refractivity contribution is -0.138. The summed E-state index contributed by atoms with van der Waals surface area (Å²) in [5.41, 5.74) is 1.98. The first kappa shape index (κ1) is 29.0. The van der Waals surface area contributed by atoms with E-state index in [0.717, 1.165) is 30.2 Å². The second kappa shape index (κ2) is 12.1. The summed E-state index contributed by atoms with van der Waals surface area (Å²) in [6, 6.07) is 11.4. The smallest absolute Gasteiger partial charge is 0.383 e. The fourth-order valence-electron chi connectivity index (χ4n) is 6.58. The summed E-state index contributed by atoms with van der Waals surface area (Å²) in [5, 5.41) is 6.38. The van der Waals surface area contributed by atoms with E-state index < -0.39 is 23.7 Å². The lowest BCUT2D eigenvalue weighted by Crippen LogP contribution is -2.55. The van der Waals surface area contributed by atoms with E-state index >= 15 is 0 Å². The summed E-state index contributed by atoms with van der Waals surface area (Å²) >= 11 is 0. The second-order valence-corrected chi connectivity index (χ2v) is 11.6. The molecule has 1 saturated heterocycles. The van der Waals surface area contributed by atoms with Gasteiger partial charge in [-0.15, -0.1) is 0 Å². The van der Waals surface area contributed by atoms with Crippen LogP contribution in [0.1, 0.15) is 72.0 Å². The Morgan fingerprint density at radius 2 is 1.71 bits per heavy atom. The maximum Gasteiger partial charge on any atom is 0.416 e. The number of rotatable bonds is 6. The highest BCUT2D eigenvalue weighted by atomic mass is 19.4. The first-order chi connectivity index (χ1) is 19.6. The molecule has 2 fully saturated rings. The average Bonchev–Trinajstić information content (AvgIpc) is 3.46. The summed E-state index contributed by atoms with van der Waals surface area (Å²) in [4.78, 5) is 29.5. The number of nitrogens with zero attached hydrogens (tertiary/aromatic N) is 1. The van der Waals surface area contributed by atoms with Gasteiger partial charge < -0.3 is 15.5 Å². The first-order valence-corrected chi connectivity index (χ1v) is 14.6. The number of carbonyl (C=O) groups is 2. The third-order valence-corrected chi connectivity index (χ3v) is 8.77. The molecule has 3 atom stereocenters. The minimum absolute atomic E-state index is 0.0993. The molecule has 2 aromatic carbocycles. The van der Waals surface area contributed by atoms with E-state index in [2.05, 4.69) is 28.9 Å². The van der Waals surface area contributed by atoms with Gasteiger partial charge in [-0.1, -0.05) is 49.3 Å². The number of likely N-dealkylation sites (tertiary alicyclic amines) is 1. The molecule has 1 saturated carbocycles. The molecule has 1 aliphatic heterocycles. The van der Waals surface area contributed by atoms with Crippen molar-refractivity contribution in [1.82, 2.24) is 10.2 Å². The van der Waals surface area contributed by atoms with E-state index in [1.807, 2.05) is 36.1 Å². The Bertz CT molecular complexity index is 1340. The van der Waals surface area contributed by atoms with Gasteiger partial charge in [-0.25, -0.2) is 0 Å². The molecule has 0 radical (unpaired) electrons. The summed E-state index contributed by atoms with van der Waals surface area (Å²) in [5.74, 6) is -1.15. The molecule has 3 aliphatic rings. The van der Waals surface area contributed by atoms with Crippen LogP contribution in [0.3, 0.4) is 0 Å². The Balaban J connectivity index is 1.41.